The maximum Gasteiger partial charge on any atom is 0.266 e. The minimum absolute atomic E-state index is 0.0586. The van der Waals surface area contributed by atoms with E-state index in [9.17, 15) is 9.90 Å². The van der Waals surface area contributed by atoms with Crippen molar-refractivity contribution in [3.8, 4) is 5.88 Å². The molecule has 3 aliphatic rings. The molecule has 4 aromatic carbocycles. The summed E-state index contributed by atoms with van der Waals surface area (Å²) in [6, 6.07) is 26.3. The number of likely N-dealkylation sites (N-methyl/N-ethyl adjacent to an activating group) is 1. The Labute approximate surface area is 342 Å². The fourth-order valence-electron chi connectivity index (χ4n) is 10.2. The molecule has 1 aromatic heterocycles. The first-order valence-electron chi connectivity index (χ1n) is 20.8. The van der Waals surface area contributed by atoms with Gasteiger partial charge in [0.1, 0.15) is 12.1 Å². The largest absolute Gasteiger partial charge is 0.494 e. The van der Waals surface area contributed by atoms with Gasteiger partial charge in [-0.3, -0.25) is 13.9 Å². The predicted molar refractivity (Wildman–Crippen MR) is 241 cm³/mol. The first-order valence-corrected chi connectivity index (χ1v) is 21.2. The first kappa shape index (κ1) is 38.6. The van der Waals surface area contributed by atoms with Crippen LogP contribution in [0.2, 0.25) is 0 Å². The quantitative estimate of drug-likeness (QED) is 0.126. The van der Waals surface area contributed by atoms with Crippen LogP contribution in [-0.4, -0.2) is 37.6 Å². The first-order chi connectivity index (χ1) is 27.4. The maximum absolute atomic E-state index is 14.6. The summed E-state index contributed by atoms with van der Waals surface area (Å²) >= 11 is 5.77. The molecular formula is C50H55N4O2S+. The molecule has 0 unspecified atom stereocenters. The third-order valence-electron chi connectivity index (χ3n) is 12.8. The van der Waals surface area contributed by atoms with E-state index < -0.39 is 0 Å². The number of benzene rings is 4. The Morgan fingerprint density at radius 3 is 2.05 bits per heavy atom. The molecule has 0 amide bonds. The molecule has 0 spiro atoms. The van der Waals surface area contributed by atoms with Crippen molar-refractivity contribution >= 4 is 56.4 Å². The number of fused-ring (bicyclic) bond motifs is 6. The molecule has 7 heteroatoms. The molecule has 0 saturated carbocycles. The van der Waals surface area contributed by atoms with Crippen molar-refractivity contribution in [3.63, 3.8) is 0 Å². The van der Waals surface area contributed by atoms with E-state index in [-0.39, 0.29) is 22.3 Å². The third kappa shape index (κ3) is 5.91. The lowest BCUT2D eigenvalue weighted by Crippen LogP contribution is -2.29. The lowest BCUT2D eigenvalue weighted by molar-refractivity contribution is -0.433. The fourth-order valence-corrected chi connectivity index (χ4v) is 10.6. The summed E-state index contributed by atoms with van der Waals surface area (Å²) in [5, 5.41) is 17.1. The average Bonchev–Trinajstić information content (AvgIpc) is 3.57. The monoisotopic (exact) mass is 775 g/mol. The second kappa shape index (κ2) is 14.6. The van der Waals surface area contributed by atoms with Gasteiger partial charge in [0.15, 0.2) is 10.5 Å². The maximum atomic E-state index is 14.6. The highest BCUT2D eigenvalue weighted by atomic mass is 32.1. The molecule has 5 aromatic rings. The average molecular weight is 776 g/mol. The Kier molecular flexibility index (Phi) is 9.88. The summed E-state index contributed by atoms with van der Waals surface area (Å²) in [6.07, 6.45) is 11.5. The summed E-state index contributed by atoms with van der Waals surface area (Å²) in [7, 11) is 0. The van der Waals surface area contributed by atoms with Gasteiger partial charge >= 0.3 is 0 Å². The zero-order valence-corrected chi connectivity index (χ0v) is 35.6. The molecule has 3 heterocycles. The number of aromatic hydroxyl groups is 1. The van der Waals surface area contributed by atoms with Crippen molar-refractivity contribution in [2.24, 2.45) is 0 Å². The summed E-state index contributed by atoms with van der Waals surface area (Å²) in [4.78, 5) is 17.0. The minimum Gasteiger partial charge on any atom is -0.494 e. The van der Waals surface area contributed by atoms with Crippen LogP contribution in [0.4, 0.5) is 11.4 Å². The number of allylic oxidation sites excluding steroid dienone is 8. The van der Waals surface area contributed by atoms with Crippen LogP contribution >= 0.6 is 12.2 Å². The van der Waals surface area contributed by atoms with E-state index in [1.165, 1.54) is 55.5 Å². The normalized spacial score (nSPS) is 18.9. The Balaban J connectivity index is 1.34. The van der Waals surface area contributed by atoms with Gasteiger partial charge in [-0.1, -0.05) is 80.6 Å². The summed E-state index contributed by atoms with van der Waals surface area (Å²) in [5.41, 5.74) is 10.1. The van der Waals surface area contributed by atoms with E-state index in [0.717, 1.165) is 49.1 Å². The lowest BCUT2D eigenvalue weighted by Gasteiger charge is -2.27. The summed E-state index contributed by atoms with van der Waals surface area (Å²) in [6.45, 7) is 20.2. The van der Waals surface area contributed by atoms with E-state index in [2.05, 4.69) is 148 Å². The third-order valence-corrected chi connectivity index (χ3v) is 13.3. The molecular weight excluding hydrogens is 721 g/mol. The van der Waals surface area contributed by atoms with Gasteiger partial charge in [-0.15, -0.1) is 0 Å². The zero-order chi connectivity index (χ0) is 40.4. The molecule has 0 radical (unpaired) electrons. The molecule has 2 aliphatic heterocycles. The van der Waals surface area contributed by atoms with Crippen molar-refractivity contribution in [2.75, 3.05) is 18.0 Å². The van der Waals surface area contributed by atoms with Crippen molar-refractivity contribution in [1.29, 1.82) is 0 Å². The number of aromatic nitrogens is 2. The Morgan fingerprint density at radius 2 is 1.40 bits per heavy atom. The molecule has 6 nitrogen and oxygen atoms in total. The number of nitrogens with zero attached hydrogens (tertiary/aromatic N) is 4. The Bertz CT molecular complexity index is 2770. The second-order valence-electron chi connectivity index (χ2n) is 16.6. The number of rotatable bonds is 8. The molecule has 0 bridgehead atoms. The second-order valence-corrected chi connectivity index (χ2v) is 17.0. The van der Waals surface area contributed by atoms with Crippen LogP contribution in [0, 0.1) is 4.77 Å². The lowest BCUT2D eigenvalue weighted by atomic mass is 9.78. The van der Waals surface area contributed by atoms with Crippen LogP contribution in [0.1, 0.15) is 91.3 Å². The molecule has 292 valence electrons. The molecule has 0 saturated heterocycles. The Hall–Kier alpha value is -5.27. The van der Waals surface area contributed by atoms with Crippen LogP contribution in [-0.2, 0) is 23.9 Å². The van der Waals surface area contributed by atoms with Crippen LogP contribution in [0.5, 0.6) is 5.88 Å². The van der Waals surface area contributed by atoms with Crippen LogP contribution in [0.25, 0.3) is 27.1 Å². The van der Waals surface area contributed by atoms with Crippen molar-refractivity contribution in [3.05, 3.63) is 146 Å². The van der Waals surface area contributed by atoms with E-state index in [4.69, 9.17) is 12.2 Å². The van der Waals surface area contributed by atoms with Crippen molar-refractivity contribution in [1.82, 2.24) is 9.13 Å². The highest BCUT2D eigenvalue weighted by Gasteiger charge is 2.45. The zero-order valence-electron chi connectivity index (χ0n) is 34.7. The van der Waals surface area contributed by atoms with Crippen molar-refractivity contribution < 1.29 is 9.68 Å². The summed E-state index contributed by atoms with van der Waals surface area (Å²) < 4.78 is 6.10. The molecule has 57 heavy (non-hydrogen) atoms. The standard InChI is InChI=1S/C50H54N4O2S/c1-9-51-38-28-24-32-18-13-15-22-36(32)44(38)49(5,6)40(51)30-26-34-20-17-21-35(42(34)43-46(55)53(11-3)48(57)54(12-4)47(43)56)27-31-41-50(7,8)45-37-23-16-14-19-33(37)25-29-39(45)52(41)10-2/h13-16,18-19,22-31H,9-12,17,20-21H2,1-8H3/p+1/b34-26+,40-30+. The highest BCUT2D eigenvalue weighted by Crippen LogP contribution is 2.51. The van der Waals surface area contributed by atoms with Gasteiger partial charge in [0, 0.05) is 54.1 Å². The van der Waals surface area contributed by atoms with E-state index >= 15 is 0 Å². The van der Waals surface area contributed by atoms with Gasteiger partial charge in [0.25, 0.3) is 5.56 Å². The van der Waals surface area contributed by atoms with Gasteiger partial charge in [0.05, 0.1) is 5.41 Å². The SMILES string of the molecule is CCN1/C(=C/C=C2\CCCC(/C=C/C3=[N+](CC)c4ccc5ccccc5c4C3(C)C)=C2c2c(O)n(CC)c(=S)n(CC)c2=O)C(C)(C)c2c1ccc1ccccc21. The van der Waals surface area contributed by atoms with Gasteiger partial charge < -0.3 is 10.0 Å². The topological polar surface area (TPSA) is 53.4 Å². The highest BCUT2D eigenvalue weighted by molar-refractivity contribution is 7.71. The molecule has 0 atom stereocenters. The number of hydrogen-bond donors (Lipinski definition) is 1. The van der Waals surface area contributed by atoms with Crippen molar-refractivity contribution in [2.45, 2.75) is 98.6 Å². The van der Waals surface area contributed by atoms with Crippen LogP contribution in [0.3, 0.4) is 0 Å². The van der Waals surface area contributed by atoms with Gasteiger partial charge in [0.2, 0.25) is 11.6 Å². The van der Waals surface area contributed by atoms with Gasteiger partial charge in [-0.2, -0.15) is 4.58 Å². The molecule has 8 rings (SSSR count). The molecule has 1 aliphatic carbocycles. The predicted octanol–water partition coefficient (Wildman–Crippen LogP) is 11.6. The molecule has 0 fully saturated rings. The minimum atomic E-state index is -0.260. The van der Waals surface area contributed by atoms with Gasteiger partial charge in [-0.25, -0.2) is 0 Å². The number of anilines is 1. The fraction of sp³-hybridized carbons (Fsp3) is 0.340. The van der Waals surface area contributed by atoms with Gasteiger partial charge in [-0.05, 0) is 135 Å². The van der Waals surface area contributed by atoms with E-state index in [1.54, 1.807) is 9.13 Å². The van der Waals surface area contributed by atoms with Crippen LogP contribution in [0.15, 0.2) is 119 Å². The van der Waals surface area contributed by atoms with E-state index in [1.807, 2.05) is 13.8 Å². The summed E-state index contributed by atoms with van der Waals surface area (Å²) in [5.74, 6) is -0.0586. The Morgan fingerprint density at radius 1 is 0.754 bits per heavy atom. The molecule has 1 N–H and O–H groups in total. The van der Waals surface area contributed by atoms with E-state index in [0.29, 0.717) is 23.4 Å². The number of hydrogen-bond acceptors (Lipinski definition) is 4. The smallest absolute Gasteiger partial charge is 0.266 e. The van der Waals surface area contributed by atoms with Crippen LogP contribution < -0.4 is 10.5 Å².